The molecule has 1 fully saturated rings. The summed E-state index contributed by atoms with van der Waals surface area (Å²) in [7, 11) is -0.915. The summed E-state index contributed by atoms with van der Waals surface area (Å²) >= 11 is 0. The normalized spacial score (nSPS) is 22.7. The second-order valence-electron chi connectivity index (χ2n) is 9.07. The van der Waals surface area contributed by atoms with Crippen molar-refractivity contribution in [1.29, 1.82) is 0 Å². The van der Waals surface area contributed by atoms with Crippen molar-refractivity contribution < 1.29 is 102 Å². The van der Waals surface area contributed by atoms with E-state index in [-0.39, 0.29) is 12.8 Å². The summed E-state index contributed by atoms with van der Waals surface area (Å²) in [6, 6.07) is 0. The Morgan fingerprint density at radius 2 is 0.854 bits per heavy atom. The van der Waals surface area contributed by atoms with Gasteiger partial charge in [-0.15, -0.1) is 0 Å². The molecule has 1 saturated heterocycles. The van der Waals surface area contributed by atoms with Gasteiger partial charge >= 0.3 is 59.5 Å². The smallest absolute Gasteiger partial charge is 0.396 e. The van der Waals surface area contributed by atoms with Gasteiger partial charge in [0.2, 0.25) is 0 Å². The van der Waals surface area contributed by atoms with Crippen molar-refractivity contribution in [3.05, 3.63) is 0 Å². The molecule has 41 heavy (non-hydrogen) atoms. The number of halogens is 21. The van der Waals surface area contributed by atoms with Crippen LogP contribution < -0.4 is 0 Å². The van der Waals surface area contributed by atoms with Crippen LogP contribution in [0.5, 0.6) is 0 Å². The van der Waals surface area contributed by atoms with Gasteiger partial charge in [0.1, 0.15) is 0 Å². The standard InChI is InChI=1S/C17H15F21O2Si/c18-8(19,6(5-39)7(41)3-1-2-4-40-7)9(20,21)10(22,23)11(24,25)12(26,27)13(28,29)14(30,31)15(32,33)16(34,35)17(36,37)38/h6,39H,1-5H2,41H3. The van der Waals surface area contributed by atoms with Crippen LogP contribution >= 0.6 is 0 Å². The number of aliphatic hydroxyl groups excluding tert-OH is 1. The van der Waals surface area contributed by atoms with Gasteiger partial charge in [0.05, 0.1) is 17.7 Å². The second-order valence-corrected chi connectivity index (χ2v) is 10.8. The maximum absolute atomic E-state index is 14.6. The van der Waals surface area contributed by atoms with Gasteiger partial charge in [-0.25, -0.2) is 0 Å². The first-order chi connectivity index (χ1) is 17.6. The van der Waals surface area contributed by atoms with Gasteiger partial charge in [0.25, 0.3) is 0 Å². The third-order valence-corrected chi connectivity index (χ3v) is 7.88. The van der Waals surface area contributed by atoms with Crippen molar-refractivity contribution in [2.75, 3.05) is 13.2 Å². The summed E-state index contributed by atoms with van der Waals surface area (Å²) in [4.78, 5) is 0. The van der Waals surface area contributed by atoms with Crippen LogP contribution in [0, 0.1) is 5.92 Å². The molecular formula is C17H15F21O2Si. The molecule has 0 aromatic carbocycles. The highest BCUT2D eigenvalue weighted by Crippen LogP contribution is 2.67. The highest BCUT2D eigenvalue weighted by molar-refractivity contribution is 6.14. The van der Waals surface area contributed by atoms with Crippen LogP contribution in [0.4, 0.5) is 92.2 Å². The average Bonchev–Trinajstić information content (AvgIpc) is 2.77. The van der Waals surface area contributed by atoms with E-state index in [2.05, 4.69) is 0 Å². The average molecular weight is 678 g/mol. The van der Waals surface area contributed by atoms with Crippen LogP contribution in [0.1, 0.15) is 19.3 Å². The van der Waals surface area contributed by atoms with Gasteiger partial charge in [-0.2, -0.15) is 92.2 Å². The molecule has 0 saturated carbocycles. The summed E-state index contributed by atoms with van der Waals surface area (Å²) in [5.41, 5.74) is 0. The maximum atomic E-state index is 14.6. The van der Waals surface area contributed by atoms with E-state index in [0.717, 1.165) is 0 Å². The molecule has 0 bridgehead atoms. The number of aliphatic hydroxyl groups is 1. The third kappa shape index (κ3) is 4.84. The Morgan fingerprint density at radius 3 is 1.12 bits per heavy atom. The fourth-order valence-electron chi connectivity index (χ4n) is 3.71. The maximum Gasteiger partial charge on any atom is 0.460 e. The quantitative estimate of drug-likeness (QED) is 0.211. The molecule has 0 aromatic heterocycles. The molecule has 1 N–H and O–H groups in total. The minimum Gasteiger partial charge on any atom is -0.396 e. The van der Waals surface area contributed by atoms with Crippen LogP contribution in [0.3, 0.4) is 0 Å². The first-order valence-electron chi connectivity index (χ1n) is 10.4. The van der Waals surface area contributed by atoms with Crippen LogP contribution in [-0.2, 0) is 4.74 Å². The van der Waals surface area contributed by atoms with Crippen molar-refractivity contribution in [3.8, 4) is 0 Å². The Morgan fingerprint density at radius 1 is 0.537 bits per heavy atom. The SMILES string of the molecule is OCC(C1([SiH3])CCCCO1)C(F)(F)C(F)(F)C(F)(F)C(F)(F)C(F)(F)C(F)(F)C(F)(F)C(F)(F)C(F)(F)C(F)(F)F. The van der Waals surface area contributed by atoms with Crippen LogP contribution in [0.15, 0.2) is 0 Å². The second kappa shape index (κ2) is 10.1. The van der Waals surface area contributed by atoms with Crippen molar-refractivity contribution in [2.24, 2.45) is 5.92 Å². The molecule has 2 atom stereocenters. The summed E-state index contributed by atoms with van der Waals surface area (Å²) < 4.78 is 289. The lowest BCUT2D eigenvalue weighted by molar-refractivity contribution is -0.476. The van der Waals surface area contributed by atoms with E-state index in [1.807, 2.05) is 0 Å². The summed E-state index contributed by atoms with van der Waals surface area (Å²) in [5.74, 6) is -81.3. The first kappa shape index (κ1) is 37.7. The molecule has 0 aliphatic carbocycles. The van der Waals surface area contributed by atoms with Gasteiger partial charge in [-0.05, 0) is 19.3 Å². The largest absolute Gasteiger partial charge is 0.460 e. The van der Waals surface area contributed by atoms with E-state index in [9.17, 15) is 92.2 Å². The minimum absolute atomic E-state index is 0.00582. The molecular weight excluding hydrogens is 663 g/mol. The van der Waals surface area contributed by atoms with E-state index in [1.54, 1.807) is 0 Å². The Labute approximate surface area is 216 Å². The number of hydrogen-bond acceptors (Lipinski definition) is 2. The van der Waals surface area contributed by atoms with Crippen LogP contribution in [0.25, 0.3) is 0 Å². The topological polar surface area (TPSA) is 29.5 Å². The van der Waals surface area contributed by atoms with Gasteiger partial charge in [0.15, 0.2) is 0 Å². The van der Waals surface area contributed by atoms with Gasteiger partial charge in [0, 0.05) is 16.8 Å². The van der Waals surface area contributed by atoms with Gasteiger partial charge < -0.3 is 9.84 Å². The van der Waals surface area contributed by atoms with Crippen LogP contribution in [-0.4, -0.2) is 93.3 Å². The van der Waals surface area contributed by atoms with E-state index in [4.69, 9.17) is 9.84 Å². The molecule has 0 aromatic rings. The van der Waals surface area contributed by atoms with Gasteiger partial charge in [-0.3, -0.25) is 0 Å². The fraction of sp³-hybridized carbons (Fsp3) is 1.00. The lowest BCUT2D eigenvalue weighted by Crippen LogP contribution is -2.77. The summed E-state index contributed by atoms with van der Waals surface area (Å²) in [6.45, 7) is -2.96. The van der Waals surface area contributed by atoms with E-state index >= 15 is 0 Å². The minimum atomic E-state index is -9.21. The monoisotopic (exact) mass is 678 g/mol. The highest BCUT2D eigenvalue weighted by atomic mass is 28.1. The summed E-state index contributed by atoms with van der Waals surface area (Å²) in [6.07, 6.45) is -9.01. The lowest BCUT2D eigenvalue weighted by atomic mass is 9.81. The third-order valence-electron chi connectivity index (χ3n) is 6.39. The Kier molecular flexibility index (Phi) is 9.29. The zero-order valence-electron chi connectivity index (χ0n) is 19.4. The van der Waals surface area contributed by atoms with Crippen LogP contribution in [0.2, 0.25) is 0 Å². The number of hydrogen-bond donors (Lipinski definition) is 1. The molecule has 24 heteroatoms. The molecule has 0 radical (unpaired) electrons. The first-order valence-corrected chi connectivity index (χ1v) is 11.4. The Hall–Kier alpha value is -1.33. The van der Waals surface area contributed by atoms with Crippen molar-refractivity contribution in [1.82, 2.24) is 0 Å². The molecule has 1 aliphatic rings. The van der Waals surface area contributed by atoms with Crippen molar-refractivity contribution in [2.45, 2.75) is 84.0 Å². The van der Waals surface area contributed by atoms with Crippen molar-refractivity contribution in [3.63, 3.8) is 0 Å². The Bertz CT molecular complexity index is 937. The van der Waals surface area contributed by atoms with E-state index in [0.29, 0.717) is 0 Å². The van der Waals surface area contributed by atoms with Gasteiger partial charge in [-0.1, -0.05) is 0 Å². The molecule has 1 heterocycles. The molecule has 0 spiro atoms. The zero-order chi connectivity index (χ0) is 33.3. The number of alkyl halides is 21. The zero-order valence-corrected chi connectivity index (χ0v) is 21.4. The molecule has 2 unspecified atom stereocenters. The number of rotatable bonds is 11. The molecule has 1 aliphatic heterocycles. The predicted octanol–water partition coefficient (Wildman–Crippen LogP) is 6.14. The lowest BCUT2D eigenvalue weighted by Gasteiger charge is -2.48. The highest BCUT2D eigenvalue weighted by Gasteiger charge is 2.98. The number of ether oxygens (including phenoxy) is 1. The molecule has 246 valence electrons. The van der Waals surface area contributed by atoms with Crippen molar-refractivity contribution >= 4 is 10.2 Å². The van der Waals surface area contributed by atoms with E-state index < -0.39 is 100 Å². The van der Waals surface area contributed by atoms with E-state index in [1.165, 1.54) is 0 Å². The summed E-state index contributed by atoms with van der Waals surface area (Å²) in [5, 5.41) is 6.41. The Balaban J connectivity index is 3.80. The molecule has 0 amide bonds. The predicted molar refractivity (Wildman–Crippen MR) is 93.6 cm³/mol. The fourth-order valence-corrected chi connectivity index (χ4v) is 4.81. The molecule has 1 rings (SSSR count). The molecule has 2 nitrogen and oxygen atoms in total.